The summed E-state index contributed by atoms with van der Waals surface area (Å²) in [5, 5.41) is 9.27. The van der Waals surface area contributed by atoms with Crippen molar-refractivity contribution in [1.82, 2.24) is 0 Å². The first kappa shape index (κ1) is 22.1. The van der Waals surface area contributed by atoms with E-state index in [1.165, 1.54) is 18.6 Å². The minimum Gasteiger partial charge on any atom is -0.508 e. The number of hydrogen-bond donors (Lipinski definition) is 1. The van der Waals surface area contributed by atoms with E-state index in [2.05, 4.69) is 0 Å². The first-order chi connectivity index (χ1) is 14.7. The molecule has 1 saturated heterocycles. The highest BCUT2D eigenvalue weighted by Crippen LogP contribution is 2.19. The monoisotopic (exact) mass is 414 g/mol. The lowest BCUT2D eigenvalue weighted by atomic mass is 10.2. The molecule has 30 heavy (non-hydrogen) atoms. The zero-order chi connectivity index (χ0) is 21.0. The van der Waals surface area contributed by atoms with Gasteiger partial charge in [0.2, 0.25) is 0 Å². The smallest absolute Gasteiger partial charge is 0.343 e. The molecule has 1 heterocycles. The lowest BCUT2D eigenvalue weighted by molar-refractivity contribution is -0.162. The number of benzene rings is 2. The van der Waals surface area contributed by atoms with E-state index in [4.69, 9.17) is 18.9 Å². The molecule has 0 spiro atoms. The summed E-state index contributed by atoms with van der Waals surface area (Å²) in [4.78, 5) is 12.2. The molecule has 1 aliphatic rings. The van der Waals surface area contributed by atoms with Gasteiger partial charge in [-0.2, -0.15) is 0 Å². The molecular weight excluding hydrogens is 384 g/mol. The van der Waals surface area contributed by atoms with Crippen molar-refractivity contribution in [3.8, 4) is 17.2 Å². The van der Waals surface area contributed by atoms with E-state index in [0.717, 1.165) is 57.5 Å². The minimum absolute atomic E-state index is 0.00317. The fraction of sp³-hybridized carbons (Fsp3) is 0.458. The number of hydrogen-bond acceptors (Lipinski definition) is 6. The van der Waals surface area contributed by atoms with Gasteiger partial charge in [0.1, 0.15) is 17.2 Å². The van der Waals surface area contributed by atoms with Gasteiger partial charge in [0, 0.05) is 13.2 Å². The molecule has 0 aliphatic carbocycles. The summed E-state index contributed by atoms with van der Waals surface area (Å²) in [6, 6.07) is 12.9. The van der Waals surface area contributed by atoms with Crippen LogP contribution in [0.1, 0.15) is 55.3 Å². The Kier molecular flexibility index (Phi) is 9.00. The number of phenols is 1. The van der Waals surface area contributed by atoms with Crippen LogP contribution in [0.4, 0.5) is 0 Å². The van der Waals surface area contributed by atoms with E-state index >= 15 is 0 Å². The van der Waals surface area contributed by atoms with E-state index in [-0.39, 0.29) is 12.0 Å². The molecule has 0 saturated carbocycles. The van der Waals surface area contributed by atoms with Gasteiger partial charge in [-0.1, -0.05) is 6.42 Å². The molecule has 162 valence electrons. The van der Waals surface area contributed by atoms with Crippen LogP contribution in [0.5, 0.6) is 17.2 Å². The van der Waals surface area contributed by atoms with E-state index in [0.29, 0.717) is 17.9 Å². The molecule has 0 bridgehead atoms. The molecule has 1 atom stereocenters. The van der Waals surface area contributed by atoms with Gasteiger partial charge in [0.15, 0.2) is 6.29 Å². The molecule has 0 aromatic heterocycles. The summed E-state index contributed by atoms with van der Waals surface area (Å²) in [5.74, 6) is 0.788. The highest BCUT2D eigenvalue weighted by Gasteiger charge is 2.13. The Bertz CT molecular complexity index is 750. The largest absolute Gasteiger partial charge is 0.508 e. The summed E-state index contributed by atoms with van der Waals surface area (Å²) < 4.78 is 22.3. The molecule has 2 aromatic carbocycles. The molecule has 0 amide bonds. The van der Waals surface area contributed by atoms with E-state index < -0.39 is 5.97 Å². The van der Waals surface area contributed by atoms with Crippen LogP contribution in [-0.2, 0) is 9.47 Å². The van der Waals surface area contributed by atoms with Gasteiger partial charge in [-0.25, -0.2) is 4.79 Å². The van der Waals surface area contributed by atoms with Gasteiger partial charge in [0.25, 0.3) is 0 Å². The number of unbranched alkanes of at least 4 members (excludes halogenated alkanes) is 3. The summed E-state index contributed by atoms with van der Waals surface area (Å²) in [6.07, 6.45) is 7.58. The maximum atomic E-state index is 12.2. The summed E-state index contributed by atoms with van der Waals surface area (Å²) >= 11 is 0. The topological polar surface area (TPSA) is 74.2 Å². The normalized spacial score (nSPS) is 16.2. The van der Waals surface area contributed by atoms with Crippen molar-refractivity contribution >= 4 is 5.97 Å². The third-order valence-corrected chi connectivity index (χ3v) is 4.89. The maximum Gasteiger partial charge on any atom is 0.343 e. The molecule has 1 N–H and O–H groups in total. The second-order valence-corrected chi connectivity index (χ2v) is 7.34. The minimum atomic E-state index is -0.451. The molecule has 0 radical (unpaired) electrons. The summed E-state index contributed by atoms with van der Waals surface area (Å²) in [7, 11) is 0. The fourth-order valence-electron chi connectivity index (χ4n) is 3.17. The average molecular weight is 414 g/mol. The number of phenolic OH excluding ortho intramolecular Hbond substituents is 1. The van der Waals surface area contributed by atoms with Gasteiger partial charge in [-0.05, 0) is 87.1 Å². The molecule has 1 aliphatic heterocycles. The van der Waals surface area contributed by atoms with Crippen molar-refractivity contribution < 1.29 is 28.8 Å². The van der Waals surface area contributed by atoms with Crippen molar-refractivity contribution in [3.05, 3.63) is 54.1 Å². The zero-order valence-corrected chi connectivity index (χ0v) is 17.3. The third-order valence-electron chi connectivity index (χ3n) is 4.89. The number of ether oxygens (including phenoxy) is 4. The number of aromatic hydroxyl groups is 1. The fourth-order valence-corrected chi connectivity index (χ4v) is 3.17. The van der Waals surface area contributed by atoms with E-state index in [9.17, 15) is 9.90 Å². The van der Waals surface area contributed by atoms with Crippen LogP contribution >= 0.6 is 0 Å². The molecule has 6 heteroatoms. The molecule has 1 fully saturated rings. The van der Waals surface area contributed by atoms with Crippen LogP contribution in [0.3, 0.4) is 0 Å². The number of carbonyl (C=O) groups excluding carboxylic acids is 1. The van der Waals surface area contributed by atoms with Crippen LogP contribution in [0.25, 0.3) is 0 Å². The van der Waals surface area contributed by atoms with Gasteiger partial charge in [0.05, 0.1) is 12.2 Å². The highest BCUT2D eigenvalue weighted by molar-refractivity contribution is 5.91. The Labute approximate surface area is 177 Å². The highest BCUT2D eigenvalue weighted by atomic mass is 16.7. The van der Waals surface area contributed by atoms with Gasteiger partial charge in [-0.15, -0.1) is 0 Å². The van der Waals surface area contributed by atoms with Crippen LogP contribution in [-0.4, -0.2) is 37.2 Å². The van der Waals surface area contributed by atoms with Gasteiger partial charge >= 0.3 is 5.97 Å². The molecule has 2 aromatic rings. The van der Waals surface area contributed by atoms with E-state index in [1.54, 1.807) is 36.4 Å². The molecule has 6 nitrogen and oxygen atoms in total. The predicted octanol–water partition coefficient (Wildman–Crippen LogP) is 5.09. The number of esters is 1. The van der Waals surface area contributed by atoms with Crippen molar-refractivity contribution in [2.45, 2.75) is 51.2 Å². The van der Waals surface area contributed by atoms with Crippen LogP contribution < -0.4 is 9.47 Å². The SMILES string of the molecule is O=C(Oc1ccc(O)cc1)c1ccc(OCCCCCCOC2CCCCO2)cc1. The first-order valence-corrected chi connectivity index (χ1v) is 10.7. The van der Waals surface area contributed by atoms with Crippen LogP contribution in [0.2, 0.25) is 0 Å². The molecule has 3 rings (SSSR count). The van der Waals surface area contributed by atoms with Gasteiger partial charge < -0.3 is 24.1 Å². The van der Waals surface area contributed by atoms with Crippen LogP contribution in [0.15, 0.2) is 48.5 Å². The zero-order valence-electron chi connectivity index (χ0n) is 17.3. The number of rotatable bonds is 11. The average Bonchev–Trinajstić information content (AvgIpc) is 2.78. The summed E-state index contributed by atoms with van der Waals surface area (Å²) in [5.41, 5.74) is 0.442. The lowest BCUT2D eigenvalue weighted by Gasteiger charge is -2.22. The second-order valence-electron chi connectivity index (χ2n) is 7.34. The van der Waals surface area contributed by atoms with Crippen molar-refractivity contribution in [2.75, 3.05) is 19.8 Å². The molecule has 1 unspecified atom stereocenters. The Morgan fingerprint density at radius 3 is 2.30 bits per heavy atom. The first-order valence-electron chi connectivity index (χ1n) is 10.7. The molecular formula is C24H30O6. The van der Waals surface area contributed by atoms with Crippen LogP contribution in [0, 0.1) is 0 Å². The summed E-state index contributed by atoms with van der Waals surface area (Å²) in [6.45, 7) is 2.22. The number of carbonyl (C=O) groups is 1. The van der Waals surface area contributed by atoms with Gasteiger partial charge in [-0.3, -0.25) is 0 Å². The quantitative estimate of drug-likeness (QED) is 0.313. The Morgan fingerprint density at radius 2 is 1.60 bits per heavy atom. The lowest BCUT2D eigenvalue weighted by Crippen LogP contribution is -2.22. The maximum absolute atomic E-state index is 12.2. The second kappa shape index (κ2) is 12.2. The van der Waals surface area contributed by atoms with Crippen molar-refractivity contribution in [3.63, 3.8) is 0 Å². The Morgan fingerprint density at radius 1 is 0.900 bits per heavy atom. The third kappa shape index (κ3) is 7.69. The Balaban J connectivity index is 1.26. The Hall–Kier alpha value is -2.57. The van der Waals surface area contributed by atoms with Crippen molar-refractivity contribution in [1.29, 1.82) is 0 Å². The van der Waals surface area contributed by atoms with E-state index in [1.807, 2.05) is 0 Å². The van der Waals surface area contributed by atoms with Crippen molar-refractivity contribution in [2.24, 2.45) is 0 Å². The predicted molar refractivity (Wildman–Crippen MR) is 113 cm³/mol. The standard InChI is InChI=1S/C24H30O6/c25-20-10-14-22(15-11-20)30-24(26)19-8-12-21(13-9-19)27-16-4-1-2-5-17-28-23-7-3-6-18-29-23/h8-15,23,25H,1-7,16-18H2.